The number of amides is 2. The van der Waals surface area contributed by atoms with Crippen LogP contribution >= 0.6 is 12.1 Å². The summed E-state index contributed by atoms with van der Waals surface area (Å²) in [7, 11) is 0. The Morgan fingerprint density at radius 1 is 1.00 bits per heavy atom. The number of carbonyl (C=O) groups excluding carboxylic acids is 2. The molecule has 0 aromatic carbocycles. The second-order valence-corrected chi connectivity index (χ2v) is 6.14. The second-order valence-electron chi connectivity index (χ2n) is 5.09. The Labute approximate surface area is 111 Å². The van der Waals surface area contributed by atoms with Crippen molar-refractivity contribution in [2.45, 2.75) is 25.7 Å². The first-order valence-corrected chi connectivity index (χ1v) is 7.39. The van der Waals surface area contributed by atoms with E-state index in [-0.39, 0.29) is 23.7 Å². The van der Waals surface area contributed by atoms with Crippen molar-refractivity contribution in [2.75, 3.05) is 26.3 Å². The molecule has 100 valence electrons. The molecule has 0 spiro atoms. The third-order valence-electron chi connectivity index (χ3n) is 3.97. The van der Waals surface area contributed by atoms with Gasteiger partial charge in [-0.05, 0) is 12.8 Å². The lowest BCUT2D eigenvalue weighted by molar-refractivity contribution is -0.133. The molecule has 18 heavy (non-hydrogen) atoms. The van der Waals surface area contributed by atoms with Gasteiger partial charge in [-0.3, -0.25) is 9.59 Å². The normalized spacial score (nSPS) is 33.9. The zero-order chi connectivity index (χ0) is 12.5. The fourth-order valence-electron chi connectivity index (χ4n) is 2.96. The van der Waals surface area contributed by atoms with Gasteiger partial charge in [-0.25, -0.2) is 8.61 Å². The van der Waals surface area contributed by atoms with Gasteiger partial charge in [0.05, 0.1) is 37.2 Å². The first kappa shape index (κ1) is 12.4. The minimum atomic E-state index is -0.0419. The molecule has 2 atom stereocenters. The van der Waals surface area contributed by atoms with Crippen molar-refractivity contribution in [2.24, 2.45) is 11.8 Å². The highest BCUT2D eigenvalue weighted by Gasteiger charge is 2.49. The van der Waals surface area contributed by atoms with Crippen LogP contribution in [0.25, 0.3) is 0 Å². The van der Waals surface area contributed by atoms with Crippen LogP contribution in [0.15, 0.2) is 0 Å². The third-order valence-corrected chi connectivity index (χ3v) is 5.09. The lowest BCUT2D eigenvalue weighted by Crippen LogP contribution is -2.36. The fraction of sp³-hybridized carbons (Fsp3) is 0.833. The van der Waals surface area contributed by atoms with Crippen molar-refractivity contribution >= 4 is 23.9 Å². The molecule has 6 heteroatoms. The van der Waals surface area contributed by atoms with E-state index in [9.17, 15) is 9.59 Å². The Hall–Kier alpha value is -0.590. The number of morpholine rings is 1. The summed E-state index contributed by atoms with van der Waals surface area (Å²) in [4.78, 5) is 24.5. The zero-order valence-corrected chi connectivity index (χ0v) is 11.2. The van der Waals surface area contributed by atoms with Gasteiger partial charge < -0.3 is 4.74 Å². The summed E-state index contributed by atoms with van der Waals surface area (Å²) in [6, 6.07) is 0. The maximum atomic E-state index is 12.3. The van der Waals surface area contributed by atoms with E-state index in [2.05, 4.69) is 4.31 Å². The molecule has 2 amide bonds. The van der Waals surface area contributed by atoms with E-state index >= 15 is 0 Å². The molecular formula is C12H18N2O3S. The van der Waals surface area contributed by atoms with Gasteiger partial charge >= 0.3 is 0 Å². The molecule has 3 aliphatic rings. The van der Waals surface area contributed by atoms with Crippen molar-refractivity contribution in [3.05, 3.63) is 0 Å². The van der Waals surface area contributed by atoms with Crippen LogP contribution in [0.2, 0.25) is 0 Å². The van der Waals surface area contributed by atoms with E-state index in [1.165, 1.54) is 16.4 Å². The van der Waals surface area contributed by atoms with Gasteiger partial charge in [0, 0.05) is 13.1 Å². The summed E-state index contributed by atoms with van der Waals surface area (Å²) >= 11 is 1.30. The Balaban J connectivity index is 1.68. The Morgan fingerprint density at radius 2 is 1.56 bits per heavy atom. The van der Waals surface area contributed by atoms with Gasteiger partial charge in [-0.1, -0.05) is 12.8 Å². The van der Waals surface area contributed by atoms with Crippen LogP contribution in [-0.2, 0) is 14.3 Å². The largest absolute Gasteiger partial charge is 0.379 e. The molecule has 2 unspecified atom stereocenters. The van der Waals surface area contributed by atoms with Crippen molar-refractivity contribution in [3.8, 4) is 0 Å². The molecule has 3 fully saturated rings. The number of hydrogen-bond acceptors (Lipinski definition) is 5. The summed E-state index contributed by atoms with van der Waals surface area (Å²) in [5.74, 6) is -0.0260. The minimum Gasteiger partial charge on any atom is -0.379 e. The van der Waals surface area contributed by atoms with Gasteiger partial charge in [0.25, 0.3) is 0 Å². The van der Waals surface area contributed by atoms with E-state index in [4.69, 9.17) is 4.74 Å². The Kier molecular flexibility index (Phi) is 3.59. The molecule has 5 nitrogen and oxygen atoms in total. The van der Waals surface area contributed by atoms with E-state index in [1.807, 2.05) is 0 Å². The molecule has 2 saturated heterocycles. The minimum absolute atomic E-state index is 0.0289. The molecule has 0 bridgehead atoms. The van der Waals surface area contributed by atoms with Crippen LogP contribution in [-0.4, -0.2) is 46.7 Å². The predicted octanol–water partition coefficient (Wildman–Crippen LogP) is 1.06. The van der Waals surface area contributed by atoms with Gasteiger partial charge in [-0.15, -0.1) is 0 Å². The van der Waals surface area contributed by atoms with Crippen molar-refractivity contribution in [3.63, 3.8) is 0 Å². The summed E-state index contributed by atoms with van der Waals surface area (Å²) in [5.41, 5.74) is 0. The molecule has 0 aromatic heterocycles. The number of carbonyl (C=O) groups is 2. The highest BCUT2D eigenvalue weighted by Crippen LogP contribution is 2.41. The standard InChI is InChI=1S/C12H18N2O3S/c15-11-9-3-1-2-4-10(9)12(16)14(11)18-13-5-7-17-8-6-13/h9-10H,1-8H2. The van der Waals surface area contributed by atoms with Crippen LogP contribution in [0.5, 0.6) is 0 Å². The van der Waals surface area contributed by atoms with Gasteiger partial charge in [0.2, 0.25) is 11.8 Å². The molecule has 0 aromatic rings. The summed E-state index contributed by atoms with van der Waals surface area (Å²) in [5, 5.41) is 0. The molecule has 3 rings (SSSR count). The molecular weight excluding hydrogens is 252 g/mol. The molecule has 0 radical (unpaired) electrons. The second kappa shape index (κ2) is 5.19. The Bertz CT molecular complexity index is 333. The van der Waals surface area contributed by atoms with E-state index in [0.717, 1.165) is 38.8 Å². The first-order chi connectivity index (χ1) is 8.77. The van der Waals surface area contributed by atoms with Crippen LogP contribution in [0.1, 0.15) is 25.7 Å². The number of fused-ring (bicyclic) bond motifs is 1. The van der Waals surface area contributed by atoms with Crippen LogP contribution < -0.4 is 0 Å². The third kappa shape index (κ3) is 2.17. The molecule has 1 saturated carbocycles. The van der Waals surface area contributed by atoms with Crippen LogP contribution in [0.4, 0.5) is 0 Å². The topological polar surface area (TPSA) is 49.9 Å². The SMILES string of the molecule is O=C1C2CCCCC2C(=O)N1SN1CCOCC1. The number of hydrogen-bond donors (Lipinski definition) is 0. The van der Waals surface area contributed by atoms with Crippen LogP contribution in [0, 0.1) is 11.8 Å². The Morgan fingerprint density at radius 3 is 2.11 bits per heavy atom. The monoisotopic (exact) mass is 270 g/mol. The van der Waals surface area contributed by atoms with E-state index < -0.39 is 0 Å². The smallest absolute Gasteiger partial charge is 0.244 e. The summed E-state index contributed by atoms with van der Waals surface area (Å²) in [6.45, 7) is 2.90. The number of imide groups is 1. The summed E-state index contributed by atoms with van der Waals surface area (Å²) in [6.07, 6.45) is 3.93. The van der Waals surface area contributed by atoms with Gasteiger partial charge in [0.1, 0.15) is 0 Å². The number of nitrogens with zero attached hydrogens (tertiary/aromatic N) is 2. The molecule has 2 heterocycles. The van der Waals surface area contributed by atoms with Gasteiger partial charge in [-0.2, -0.15) is 0 Å². The first-order valence-electron chi connectivity index (χ1n) is 6.66. The van der Waals surface area contributed by atoms with Crippen LogP contribution in [0.3, 0.4) is 0 Å². The number of ether oxygens (including phenoxy) is 1. The van der Waals surface area contributed by atoms with Crippen molar-refractivity contribution in [1.82, 2.24) is 8.61 Å². The van der Waals surface area contributed by atoms with Gasteiger partial charge in [0.15, 0.2) is 0 Å². The van der Waals surface area contributed by atoms with E-state index in [1.54, 1.807) is 0 Å². The molecule has 1 aliphatic carbocycles. The van der Waals surface area contributed by atoms with Crippen molar-refractivity contribution < 1.29 is 14.3 Å². The van der Waals surface area contributed by atoms with E-state index in [0.29, 0.717) is 13.2 Å². The lowest BCUT2D eigenvalue weighted by atomic mass is 9.81. The average molecular weight is 270 g/mol. The van der Waals surface area contributed by atoms with Crippen molar-refractivity contribution in [1.29, 1.82) is 0 Å². The average Bonchev–Trinajstić information content (AvgIpc) is 2.66. The predicted molar refractivity (Wildman–Crippen MR) is 67.3 cm³/mol. The highest BCUT2D eigenvalue weighted by atomic mass is 32.2. The highest BCUT2D eigenvalue weighted by molar-refractivity contribution is 7.95. The maximum Gasteiger partial charge on any atom is 0.244 e. The zero-order valence-electron chi connectivity index (χ0n) is 10.3. The number of rotatable bonds is 2. The maximum absolute atomic E-state index is 12.3. The molecule has 0 N–H and O–H groups in total. The summed E-state index contributed by atoms with van der Waals surface area (Å²) < 4.78 is 8.73. The molecule has 2 aliphatic heterocycles. The quantitative estimate of drug-likeness (QED) is 0.554. The fourth-order valence-corrected chi connectivity index (χ4v) is 3.93. The lowest BCUT2D eigenvalue weighted by Gasteiger charge is -2.27.